The molecule has 1 heterocycles. The number of thiazole rings is 1. The van der Waals surface area contributed by atoms with Gasteiger partial charge in [0.15, 0.2) is 5.51 Å². The predicted molar refractivity (Wildman–Crippen MR) is 26.0 cm³/mol. The molecule has 1 aromatic rings. The SMILES string of the molecule is Clc1cn[c]s1. The van der Waals surface area contributed by atoms with E-state index < -0.39 is 0 Å². The van der Waals surface area contributed by atoms with Crippen molar-refractivity contribution in [3.8, 4) is 0 Å². The molecule has 3 heteroatoms. The van der Waals surface area contributed by atoms with Gasteiger partial charge < -0.3 is 0 Å². The summed E-state index contributed by atoms with van der Waals surface area (Å²) in [6.45, 7) is 0. The molecule has 0 aromatic carbocycles. The van der Waals surface area contributed by atoms with E-state index in [1.54, 1.807) is 6.20 Å². The smallest absolute Gasteiger partial charge is 0.153 e. The van der Waals surface area contributed by atoms with Gasteiger partial charge in [-0.1, -0.05) is 22.9 Å². The highest BCUT2D eigenvalue weighted by Crippen LogP contribution is 2.10. The quantitative estimate of drug-likeness (QED) is 0.504. The molecule has 1 rings (SSSR count). The third-order valence-corrected chi connectivity index (χ3v) is 1.19. The Kier molecular flexibility index (Phi) is 1.08. The van der Waals surface area contributed by atoms with E-state index in [0.29, 0.717) is 4.34 Å². The van der Waals surface area contributed by atoms with Gasteiger partial charge in [-0.15, -0.1) is 0 Å². The maximum Gasteiger partial charge on any atom is 0.153 e. The summed E-state index contributed by atoms with van der Waals surface area (Å²) in [5, 5.41) is 0. The molecule has 1 radical (unpaired) electrons. The Morgan fingerprint density at radius 3 is 3.00 bits per heavy atom. The van der Waals surface area contributed by atoms with Crippen LogP contribution < -0.4 is 0 Å². The Balaban J connectivity index is 3.05. The van der Waals surface area contributed by atoms with Gasteiger partial charge in [0, 0.05) is 0 Å². The normalized spacial score (nSPS) is 8.83. The lowest BCUT2D eigenvalue weighted by molar-refractivity contribution is 1.41. The van der Waals surface area contributed by atoms with E-state index in [2.05, 4.69) is 10.5 Å². The summed E-state index contributed by atoms with van der Waals surface area (Å²) in [5.41, 5.74) is 2.59. The van der Waals surface area contributed by atoms with Crippen molar-refractivity contribution in [2.75, 3.05) is 0 Å². The molecule has 0 bridgehead atoms. The minimum Gasteiger partial charge on any atom is -0.240 e. The molecule has 1 nitrogen and oxygen atoms in total. The van der Waals surface area contributed by atoms with Crippen molar-refractivity contribution < 1.29 is 0 Å². The van der Waals surface area contributed by atoms with Gasteiger partial charge in [-0.3, -0.25) is 0 Å². The number of rotatable bonds is 0. The van der Waals surface area contributed by atoms with E-state index in [-0.39, 0.29) is 0 Å². The van der Waals surface area contributed by atoms with E-state index in [4.69, 9.17) is 11.6 Å². The van der Waals surface area contributed by atoms with Gasteiger partial charge in [-0.25, -0.2) is 4.98 Å². The van der Waals surface area contributed by atoms with Crippen LogP contribution in [0, 0.1) is 5.51 Å². The first-order valence-electron chi connectivity index (χ1n) is 1.37. The molecule has 1 aromatic heterocycles. The molecular weight excluding hydrogens is 118 g/mol. The van der Waals surface area contributed by atoms with Crippen LogP contribution in [0.5, 0.6) is 0 Å². The largest absolute Gasteiger partial charge is 0.240 e. The Hall–Kier alpha value is -0.0800. The van der Waals surface area contributed by atoms with Crippen LogP contribution in [0.1, 0.15) is 0 Å². The van der Waals surface area contributed by atoms with E-state index >= 15 is 0 Å². The van der Waals surface area contributed by atoms with Gasteiger partial charge in [0.2, 0.25) is 0 Å². The summed E-state index contributed by atoms with van der Waals surface area (Å²) < 4.78 is 0.690. The first-order chi connectivity index (χ1) is 2.89. The second-order valence-corrected chi connectivity index (χ2v) is 2.21. The van der Waals surface area contributed by atoms with Crippen molar-refractivity contribution in [1.29, 1.82) is 0 Å². The number of hydrogen-bond acceptors (Lipinski definition) is 2. The average molecular weight is 119 g/mol. The first-order valence-corrected chi connectivity index (χ1v) is 2.56. The highest BCUT2D eigenvalue weighted by Gasteiger charge is 1.80. The van der Waals surface area contributed by atoms with Crippen molar-refractivity contribution in [3.05, 3.63) is 16.0 Å². The van der Waals surface area contributed by atoms with Crippen molar-refractivity contribution in [1.82, 2.24) is 4.98 Å². The highest BCUT2D eigenvalue weighted by molar-refractivity contribution is 7.13. The number of aromatic nitrogens is 1. The summed E-state index contributed by atoms with van der Waals surface area (Å²) in [6.07, 6.45) is 1.56. The number of hydrogen-bond donors (Lipinski definition) is 0. The van der Waals surface area contributed by atoms with Crippen LogP contribution >= 0.6 is 22.9 Å². The molecule has 0 unspecified atom stereocenters. The average Bonchev–Trinajstić information content (AvgIpc) is 1.86. The lowest BCUT2D eigenvalue weighted by atomic mass is 11.0. The Labute approximate surface area is 44.6 Å². The molecule has 0 spiro atoms. The fourth-order valence-corrected chi connectivity index (χ4v) is 0.624. The standard InChI is InChI=1S/C3HClNS/c4-3-1-5-2-6-3/h1H. The summed E-state index contributed by atoms with van der Waals surface area (Å²) >= 11 is 6.69. The van der Waals surface area contributed by atoms with Crippen LogP contribution in [0.2, 0.25) is 4.34 Å². The third kappa shape index (κ3) is 0.698. The fraction of sp³-hybridized carbons (Fsp3) is 0. The summed E-state index contributed by atoms with van der Waals surface area (Å²) in [6, 6.07) is 0. The van der Waals surface area contributed by atoms with Gasteiger partial charge in [0.1, 0.15) is 4.34 Å². The molecule has 0 N–H and O–H groups in total. The molecule has 0 atom stereocenters. The monoisotopic (exact) mass is 118 g/mol. The zero-order valence-electron chi connectivity index (χ0n) is 2.81. The zero-order chi connectivity index (χ0) is 4.41. The van der Waals surface area contributed by atoms with Gasteiger partial charge in [-0.2, -0.15) is 0 Å². The Morgan fingerprint density at radius 1 is 2.00 bits per heavy atom. The zero-order valence-corrected chi connectivity index (χ0v) is 4.38. The van der Waals surface area contributed by atoms with Gasteiger partial charge >= 0.3 is 0 Å². The number of halogens is 1. The van der Waals surface area contributed by atoms with Gasteiger partial charge in [0.05, 0.1) is 6.20 Å². The molecule has 0 amide bonds. The highest BCUT2D eigenvalue weighted by atomic mass is 35.5. The molecule has 0 aliphatic rings. The molecule has 6 heavy (non-hydrogen) atoms. The lowest BCUT2D eigenvalue weighted by Gasteiger charge is -1.59. The second-order valence-electron chi connectivity index (χ2n) is 0.756. The molecule has 0 aliphatic carbocycles. The molecule has 0 aliphatic heterocycles. The molecular formula is C3HClNS. The van der Waals surface area contributed by atoms with Crippen molar-refractivity contribution in [3.63, 3.8) is 0 Å². The second kappa shape index (κ2) is 1.58. The Bertz CT molecular complexity index is 114. The number of nitrogens with zero attached hydrogens (tertiary/aromatic N) is 1. The summed E-state index contributed by atoms with van der Waals surface area (Å²) in [5.74, 6) is 0. The van der Waals surface area contributed by atoms with Crippen LogP contribution in [0.25, 0.3) is 0 Å². The van der Waals surface area contributed by atoms with E-state index in [1.165, 1.54) is 11.3 Å². The minimum absolute atomic E-state index is 0.690. The van der Waals surface area contributed by atoms with E-state index in [1.807, 2.05) is 0 Å². The van der Waals surface area contributed by atoms with Crippen LogP contribution in [-0.4, -0.2) is 4.98 Å². The Morgan fingerprint density at radius 2 is 2.83 bits per heavy atom. The fourth-order valence-electron chi connectivity index (χ4n) is 0.173. The van der Waals surface area contributed by atoms with Gasteiger partial charge in [0.25, 0.3) is 0 Å². The van der Waals surface area contributed by atoms with Crippen LogP contribution in [0.3, 0.4) is 0 Å². The molecule has 0 saturated heterocycles. The maximum absolute atomic E-state index is 5.38. The molecule has 0 saturated carbocycles. The minimum atomic E-state index is 0.690. The first kappa shape index (κ1) is 4.09. The third-order valence-electron chi connectivity index (χ3n) is 0.362. The van der Waals surface area contributed by atoms with Crippen LogP contribution in [0.4, 0.5) is 0 Å². The predicted octanol–water partition coefficient (Wildman–Crippen LogP) is 1.60. The van der Waals surface area contributed by atoms with E-state index in [0.717, 1.165) is 0 Å². The molecule has 0 fully saturated rings. The van der Waals surface area contributed by atoms with Crippen LogP contribution in [-0.2, 0) is 0 Å². The van der Waals surface area contributed by atoms with Crippen molar-refractivity contribution in [2.24, 2.45) is 0 Å². The summed E-state index contributed by atoms with van der Waals surface area (Å²) in [7, 11) is 0. The topological polar surface area (TPSA) is 12.9 Å². The summed E-state index contributed by atoms with van der Waals surface area (Å²) in [4.78, 5) is 3.58. The lowest BCUT2D eigenvalue weighted by Crippen LogP contribution is -1.42. The molecule has 31 valence electrons. The maximum atomic E-state index is 5.38. The van der Waals surface area contributed by atoms with Crippen molar-refractivity contribution >= 4 is 22.9 Å². The van der Waals surface area contributed by atoms with Crippen molar-refractivity contribution in [2.45, 2.75) is 0 Å². The van der Waals surface area contributed by atoms with Crippen LogP contribution in [0.15, 0.2) is 6.20 Å². The van der Waals surface area contributed by atoms with E-state index in [9.17, 15) is 0 Å². The van der Waals surface area contributed by atoms with Gasteiger partial charge in [-0.05, 0) is 0 Å².